The Balaban J connectivity index is 1.79. The Morgan fingerprint density at radius 2 is 1.77 bits per heavy atom. The summed E-state index contributed by atoms with van der Waals surface area (Å²) in [5, 5.41) is 5.44. The van der Waals surface area contributed by atoms with Crippen molar-refractivity contribution >= 4 is 11.8 Å². The Bertz CT molecular complexity index is 644. The summed E-state index contributed by atoms with van der Waals surface area (Å²) in [7, 11) is 1.51. The number of ether oxygens (including phenoxy) is 1. The molecule has 22 heavy (non-hydrogen) atoms. The quantitative estimate of drug-likeness (QED) is 0.787. The van der Waals surface area contributed by atoms with Gasteiger partial charge in [0.2, 0.25) is 0 Å². The van der Waals surface area contributed by atoms with Crippen LogP contribution in [0.3, 0.4) is 0 Å². The van der Waals surface area contributed by atoms with Crippen LogP contribution in [0.2, 0.25) is 0 Å². The largest absolute Gasteiger partial charge is 0.496 e. The fraction of sp³-hybridized carbons (Fsp3) is 0.188. The SMILES string of the molecule is COc1ccccc1C(=O)NCCNC(=O)c1cccnc1. The van der Waals surface area contributed by atoms with Crippen molar-refractivity contribution in [1.29, 1.82) is 0 Å². The zero-order chi connectivity index (χ0) is 15.8. The lowest BCUT2D eigenvalue weighted by molar-refractivity contribution is 0.0926. The molecule has 1 aromatic carbocycles. The van der Waals surface area contributed by atoms with Gasteiger partial charge in [-0.2, -0.15) is 0 Å². The number of nitrogens with zero attached hydrogens (tertiary/aromatic N) is 1. The number of methoxy groups -OCH3 is 1. The second-order valence-corrected chi connectivity index (χ2v) is 4.45. The van der Waals surface area contributed by atoms with E-state index in [0.717, 1.165) is 0 Å². The molecular weight excluding hydrogens is 282 g/mol. The van der Waals surface area contributed by atoms with Crippen LogP contribution >= 0.6 is 0 Å². The molecule has 0 aliphatic heterocycles. The molecule has 2 rings (SSSR count). The highest BCUT2D eigenvalue weighted by molar-refractivity contribution is 5.97. The van der Waals surface area contributed by atoms with E-state index in [9.17, 15) is 9.59 Å². The van der Waals surface area contributed by atoms with Gasteiger partial charge in [-0.1, -0.05) is 12.1 Å². The van der Waals surface area contributed by atoms with Crippen LogP contribution in [0.5, 0.6) is 5.75 Å². The molecule has 2 N–H and O–H groups in total. The third-order valence-electron chi connectivity index (χ3n) is 2.97. The van der Waals surface area contributed by atoms with Crippen molar-refractivity contribution in [3.63, 3.8) is 0 Å². The van der Waals surface area contributed by atoms with Crippen molar-refractivity contribution in [3.8, 4) is 5.75 Å². The molecule has 1 aromatic heterocycles. The first-order valence-electron chi connectivity index (χ1n) is 6.82. The smallest absolute Gasteiger partial charge is 0.255 e. The molecule has 0 saturated carbocycles. The molecule has 0 fully saturated rings. The molecule has 0 atom stereocenters. The van der Waals surface area contributed by atoms with Crippen molar-refractivity contribution in [3.05, 3.63) is 59.9 Å². The third kappa shape index (κ3) is 4.05. The summed E-state index contributed by atoms with van der Waals surface area (Å²) in [5.74, 6) is 0.0483. The van der Waals surface area contributed by atoms with Crippen molar-refractivity contribution in [2.24, 2.45) is 0 Å². The minimum Gasteiger partial charge on any atom is -0.496 e. The summed E-state index contributed by atoms with van der Waals surface area (Å²) < 4.78 is 5.13. The number of rotatable bonds is 6. The van der Waals surface area contributed by atoms with Gasteiger partial charge in [0.15, 0.2) is 0 Å². The number of hydrogen-bond acceptors (Lipinski definition) is 4. The van der Waals surface area contributed by atoms with E-state index >= 15 is 0 Å². The molecular formula is C16H17N3O3. The average Bonchev–Trinajstić information content (AvgIpc) is 2.59. The molecule has 0 aliphatic carbocycles. The lowest BCUT2D eigenvalue weighted by Crippen LogP contribution is -2.34. The van der Waals surface area contributed by atoms with Gasteiger partial charge in [-0.15, -0.1) is 0 Å². The predicted molar refractivity (Wildman–Crippen MR) is 81.9 cm³/mol. The Kier molecular flexibility index (Phi) is 5.48. The Morgan fingerprint density at radius 3 is 2.45 bits per heavy atom. The van der Waals surface area contributed by atoms with Gasteiger partial charge in [0.05, 0.1) is 18.2 Å². The number of pyridine rings is 1. The maximum atomic E-state index is 12.0. The van der Waals surface area contributed by atoms with E-state index in [4.69, 9.17) is 4.74 Å². The van der Waals surface area contributed by atoms with Crippen LogP contribution in [0, 0.1) is 0 Å². The minimum atomic E-state index is -0.243. The van der Waals surface area contributed by atoms with Gasteiger partial charge < -0.3 is 15.4 Å². The molecule has 114 valence electrons. The van der Waals surface area contributed by atoms with E-state index in [1.165, 1.54) is 13.3 Å². The molecule has 2 aromatic rings. The lowest BCUT2D eigenvalue weighted by Gasteiger charge is -2.09. The highest BCUT2D eigenvalue weighted by Crippen LogP contribution is 2.16. The average molecular weight is 299 g/mol. The minimum absolute atomic E-state index is 0.223. The number of amides is 2. The van der Waals surface area contributed by atoms with Crippen molar-refractivity contribution in [2.45, 2.75) is 0 Å². The fourth-order valence-electron chi connectivity index (χ4n) is 1.88. The molecule has 0 saturated heterocycles. The van der Waals surface area contributed by atoms with Gasteiger partial charge in [-0.25, -0.2) is 0 Å². The number of hydrogen-bond donors (Lipinski definition) is 2. The van der Waals surface area contributed by atoms with Crippen LogP contribution in [0.4, 0.5) is 0 Å². The molecule has 0 spiro atoms. The number of nitrogens with one attached hydrogen (secondary N) is 2. The van der Waals surface area contributed by atoms with Gasteiger partial charge in [-0.3, -0.25) is 14.6 Å². The number of carbonyl (C=O) groups is 2. The normalized spacial score (nSPS) is 9.86. The summed E-state index contributed by atoms with van der Waals surface area (Å²) in [6, 6.07) is 10.3. The zero-order valence-corrected chi connectivity index (χ0v) is 12.2. The number of aromatic nitrogens is 1. The van der Waals surface area contributed by atoms with Crippen LogP contribution < -0.4 is 15.4 Å². The topological polar surface area (TPSA) is 80.3 Å². The Labute approximate surface area is 128 Å². The van der Waals surface area contributed by atoms with Crippen LogP contribution in [-0.4, -0.2) is 37.0 Å². The van der Waals surface area contributed by atoms with E-state index in [2.05, 4.69) is 15.6 Å². The summed E-state index contributed by atoms with van der Waals surface area (Å²) in [4.78, 5) is 27.7. The molecule has 0 bridgehead atoms. The van der Waals surface area contributed by atoms with E-state index in [-0.39, 0.29) is 11.8 Å². The van der Waals surface area contributed by atoms with Crippen molar-refractivity contribution < 1.29 is 14.3 Å². The summed E-state index contributed by atoms with van der Waals surface area (Å²) in [6.07, 6.45) is 3.09. The number of benzene rings is 1. The van der Waals surface area contributed by atoms with Crippen molar-refractivity contribution in [1.82, 2.24) is 15.6 Å². The monoisotopic (exact) mass is 299 g/mol. The van der Waals surface area contributed by atoms with E-state index in [1.54, 1.807) is 42.6 Å². The second-order valence-electron chi connectivity index (χ2n) is 4.45. The van der Waals surface area contributed by atoms with Gasteiger partial charge in [-0.05, 0) is 24.3 Å². The standard InChI is InChI=1S/C16H17N3O3/c1-22-14-7-3-2-6-13(14)16(21)19-10-9-18-15(20)12-5-4-8-17-11-12/h2-8,11H,9-10H2,1H3,(H,18,20)(H,19,21). The first-order valence-corrected chi connectivity index (χ1v) is 6.82. The number of carbonyl (C=O) groups excluding carboxylic acids is 2. The molecule has 1 heterocycles. The van der Waals surface area contributed by atoms with Gasteiger partial charge in [0, 0.05) is 25.5 Å². The van der Waals surface area contributed by atoms with E-state index in [1.807, 2.05) is 0 Å². The molecule has 6 heteroatoms. The van der Waals surface area contributed by atoms with Gasteiger partial charge >= 0.3 is 0 Å². The highest BCUT2D eigenvalue weighted by atomic mass is 16.5. The van der Waals surface area contributed by atoms with Crippen LogP contribution in [0.15, 0.2) is 48.8 Å². The lowest BCUT2D eigenvalue weighted by atomic mass is 10.2. The number of para-hydroxylation sites is 1. The summed E-state index contributed by atoms with van der Waals surface area (Å²) in [5.41, 5.74) is 0.946. The molecule has 2 amide bonds. The maximum Gasteiger partial charge on any atom is 0.255 e. The van der Waals surface area contributed by atoms with E-state index in [0.29, 0.717) is 30.0 Å². The second kappa shape index (κ2) is 7.78. The van der Waals surface area contributed by atoms with E-state index < -0.39 is 0 Å². The van der Waals surface area contributed by atoms with Crippen LogP contribution in [-0.2, 0) is 0 Å². The predicted octanol–water partition coefficient (Wildman–Crippen LogP) is 1.25. The van der Waals surface area contributed by atoms with Crippen LogP contribution in [0.1, 0.15) is 20.7 Å². The highest BCUT2D eigenvalue weighted by Gasteiger charge is 2.10. The van der Waals surface area contributed by atoms with Gasteiger partial charge in [0.25, 0.3) is 11.8 Å². The van der Waals surface area contributed by atoms with Gasteiger partial charge in [0.1, 0.15) is 5.75 Å². The first-order chi connectivity index (χ1) is 10.7. The summed E-state index contributed by atoms with van der Waals surface area (Å²) >= 11 is 0. The molecule has 6 nitrogen and oxygen atoms in total. The fourth-order valence-corrected chi connectivity index (χ4v) is 1.88. The Morgan fingerprint density at radius 1 is 1.05 bits per heavy atom. The third-order valence-corrected chi connectivity index (χ3v) is 2.97. The molecule has 0 unspecified atom stereocenters. The van der Waals surface area contributed by atoms with Crippen molar-refractivity contribution in [2.75, 3.05) is 20.2 Å². The zero-order valence-electron chi connectivity index (χ0n) is 12.2. The maximum absolute atomic E-state index is 12.0. The van der Waals surface area contributed by atoms with Crippen LogP contribution in [0.25, 0.3) is 0 Å². The summed E-state index contributed by atoms with van der Waals surface area (Å²) in [6.45, 7) is 0.650. The molecule has 0 radical (unpaired) electrons. The first kappa shape index (κ1) is 15.5. The molecule has 0 aliphatic rings. The Hall–Kier alpha value is -2.89.